The lowest BCUT2D eigenvalue weighted by Gasteiger charge is -2.34. The summed E-state index contributed by atoms with van der Waals surface area (Å²) in [7, 11) is 2.15. The molecular weight excluding hydrogens is 464 g/mol. The zero-order valence-electron chi connectivity index (χ0n) is 20.5. The number of hydrogen-bond acceptors (Lipinski definition) is 8. The Bertz CT molecular complexity index is 1580. The minimum Gasteiger partial charge on any atom is -0.369 e. The van der Waals surface area contributed by atoms with Crippen LogP contribution in [-0.4, -0.2) is 62.9 Å². The summed E-state index contributed by atoms with van der Waals surface area (Å²) in [6, 6.07) is 21.3. The summed E-state index contributed by atoms with van der Waals surface area (Å²) < 4.78 is 1.39. The fourth-order valence-electron chi connectivity index (χ4n) is 4.48. The van der Waals surface area contributed by atoms with Gasteiger partial charge in [-0.05, 0) is 55.6 Å². The maximum atomic E-state index is 13.4. The van der Waals surface area contributed by atoms with E-state index in [1.54, 1.807) is 18.6 Å². The average molecular weight is 491 g/mol. The molecule has 184 valence electrons. The van der Waals surface area contributed by atoms with Gasteiger partial charge in [0.1, 0.15) is 11.2 Å². The van der Waals surface area contributed by atoms with E-state index >= 15 is 0 Å². The quantitative estimate of drug-likeness (QED) is 0.399. The Hall–Kier alpha value is -4.63. The van der Waals surface area contributed by atoms with Crippen LogP contribution >= 0.6 is 0 Å². The molecule has 0 amide bonds. The highest BCUT2D eigenvalue weighted by molar-refractivity contribution is 5.91. The Morgan fingerprint density at radius 3 is 2.30 bits per heavy atom. The van der Waals surface area contributed by atoms with E-state index in [0.717, 1.165) is 37.4 Å². The molecule has 2 aromatic carbocycles. The molecule has 0 radical (unpaired) electrons. The number of hydrogen-bond donors (Lipinski definition) is 1. The smallest absolute Gasteiger partial charge is 0.282 e. The lowest BCUT2D eigenvalue weighted by molar-refractivity contribution is 0.313. The van der Waals surface area contributed by atoms with Crippen LogP contribution < -0.4 is 15.8 Å². The van der Waals surface area contributed by atoms with E-state index in [0.29, 0.717) is 28.2 Å². The molecule has 0 atom stereocenters. The van der Waals surface area contributed by atoms with Crippen LogP contribution in [0.4, 0.5) is 17.3 Å². The standard InChI is InChI=1S/C28H26N8O/c1-34-15-17-35(18-16-34)22-9-7-21(8-10-22)31-28-30-19-24-26(32-28)25(20-11-13-29-14-12-20)33-36(27(24)37)23-5-3-2-4-6-23/h2-14,19H,15-18H2,1H3,(H,30,31,32). The number of aromatic nitrogens is 5. The lowest BCUT2D eigenvalue weighted by Crippen LogP contribution is -2.44. The maximum Gasteiger partial charge on any atom is 0.282 e. The summed E-state index contributed by atoms with van der Waals surface area (Å²) in [4.78, 5) is 31.4. The zero-order valence-corrected chi connectivity index (χ0v) is 20.5. The van der Waals surface area contributed by atoms with Crippen molar-refractivity contribution < 1.29 is 0 Å². The van der Waals surface area contributed by atoms with E-state index < -0.39 is 0 Å². The molecule has 37 heavy (non-hydrogen) atoms. The van der Waals surface area contributed by atoms with Crippen molar-refractivity contribution in [1.82, 2.24) is 29.6 Å². The fraction of sp³-hybridized carbons (Fsp3) is 0.179. The van der Waals surface area contributed by atoms with Crippen molar-refractivity contribution in [3.63, 3.8) is 0 Å². The van der Waals surface area contributed by atoms with Gasteiger partial charge in [-0.15, -0.1) is 0 Å². The van der Waals surface area contributed by atoms with Crippen molar-refractivity contribution in [3.8, 4) is 16.9 Å². The number of benzene rings is 2. The Labute approximate surface area is 214 Å². The van der Waals surface area contributed by atoms with Gasteiger partial charge in [0.2, 0.25) is 5.95 Å². The fourth-order valence-corrected chi connectivity index (χ4v) is 4.48. The van der Waals surface area contributed by atoms with Gasteiger partial charge in [0.25, 0.3) is 5.56 Å². The third kappa shape index (κ3) is 4.64. The van der Waals surface area contributed by atoms with Gasteiger partial charge in [0.15, 0.2) is 0 Å². The summed E-state index contributed by atoms with van der Waals surface area (Å²) in [5.41, 5.74) is 4.34. The molecule has 9 nitrogen and oxygen atoms in total. The van der Waals surface area contributed by atoms with E-state index in [4.69, 9.17) is 10.1 Å². The average Bonchev–Trinajstić information content (AvgIpc) is 2.95. The van der Waals surface area contributed by atoms with Crippen LogP contribution in [0.5, 0.6) is 0 Å². The lowest BCUT2D eigenvalue weighted by atomic mass is 10.1. The van der Waals surface area contributed by atoms with E-state index in [-0.39, 0.29) is 5.56 Å². The molecule has 1 saturated heterocycles. The topological polar surface area (TPSA) is 92.1 Å². The Kier molecular flexibility index (Phi) is 6.03. The number of pyridine rings is 1. The molecular formula is C28H26N8O. The number of para-hydroxylation sites is 1. The van der Waals surface area contributed by atoms with E-state index in [1.165, 1.54) is 10.4 Å². The first-order chi connectivity index (χ1) is 18.2. The number of nitrogens with one attached hydrogen (secondary N) is 1. The van der Waals surface area contributed by atoms with Gasteiger partial charge in [0, 0.05) is 61.7 Å². The Morgan fingerprint density at radius 1 is 0.838 bits per heavy atom. The predicted molar refractivity (Wildman–Crippen MR) is 146 cm³/mol. The highest BCUT2D eigenvalue weighted by Crippen LogP contribution is 2.26. The van der Waals surface area contributed by atoms with Crippen LogP contribution in [0, 0.1) is 0 Å². The second-order valence-electron chi connectivity index (χ2n) is 9.06. The Morgan fingerprint density at radius 2 is 1.57 bits per heavy atom. The number of rotatable bonds is 5. The van der Waals surface area contributed by atoms with Gasteiger partial charge >= 0.3 is 0 Å². The second-order valence-corrected chi connectivity index (χ2v) is 9.06. The molecule has 5 aromatic rings. The minimum atomic E-state index is -0.276. The van der Waals surface area contributed by atoms with Gasteiger partial charge in [-0.3, -0.25) is 9.78 Å². The van der Waals surface area contributed by atoms with Crippen molar-refractivity contribution in [2.24, 2.45) is 0 Å². The van der Waals surface area contributed by atoms with E-state index in [2.05, 4.69) is 44.3 Å². The molecule has 0 unspecified atom stereocenters. The summed E-state index contributed by atoms with van der Waals surface area (Å²) in [5, 5.41) is 8.38. The molecule has 0 bridgehead atoms. The first kappa shape index (κ1) is 22.8. The molecule has 9 heteroatoms. The molecule has 1 N–H and O–H groups in total. The highest BCUT2D eigenvalue weighted by atomic mass is 16.1. The molecule has 1 aliphatic heterocycles. The van der Waals surface area contributed by atoms with Gasteiger partial charge in [0.05, 0.1) is 11.1 Å². The molecule has 1 aliphatic rings. The van der Waals surface area contributed by atoms with Crippen LogP contribution in [0.2, 0.25) is 0 Å². The summed E-state index contributed by atoms with van der Waals surface area (Å²) in [6.07, 6.45) is 4.96. The second kappa shape index (κ2) is 9.79. The zero-order chi connectivity index (χ0) is 25.2. The molecule has 0 aliphatic carbocycles. The highest BCUT2D eigenvalue weighted by Gasteiger charge is 2.17. The third-order valence-corrected chi connectivity index (χ3v) is 6.58. The molecule has 0 spiro atoms. The number of nitrogens with zero attached hydrogens (tertiary/aromatic N) is 7. The maximum absolute atomic E-state index is 13.4. The van der Waals surface area contributed by atoms with E-state index in [1.807, 2.05) is 54.6 Å². The molecule has 0 saturated carbocycles. The molecule has 4 heterocycles. The summed E-state index contributed by atoms with van der Waals surface area (Å²) in [5.74, 6) is 0.397. The first-order valence-electron chi connectivity index (χ1n) is 12.2. The van der Waals surface area contributed by atoms with Crippen molar-refractivity contribution >= 4 is 28.2 Å². The van der Waals surface area contributed by atoms with E-state index in [9.17, 15) is 4.79 Å². The minimum absolute atomic E-state index is 0.276. The monoisotopic (exact) mass is 490 g/mol. The van der Waals surface area contributed by atoms with Crippen LogP contribution in [0.1, 0.15) is 0 Å². The number of likely N-dealkylation sites (N-methyl/N-ethyl adjacent to an activating group) is 1. The van der Waals surface area contributed by atoms with Crippen LogP contribution in [0.15, 0.2) is 90.1 Å². The van der Waals surface area contributed by atoms with Crippen LogP contribution in [0.3, 0.4) is 0 Å². The van der Waals surface area contributed by atoms with Gasteiger partial charge in [-0.1, -0.05) is 18.2 Å². The van der Waals surface area contributed by atoms with Crippen LogP contribution in [0.25, 0.3) is 27.8 Å². The van der Waals surface area contributed by atoms with Crippen LogP contribution in [-0.2, 0) is 0 Å². The van der Waals surface area contributed by atoms with Crippen molar-refractivity contribution in [1.29, 1.82) is 0 Å². The molecule has 6 rings (SSSR count). The summed E-state index contributed by atoms with van der Waals surface area (Å²) in [6.45, 7) is 4.15. The summed E-state index contributed by atoms with van der Waals surface area (Å²) >= 11 is 0. The Balaban J connectivity index is 1.37. The van der Waals surface area contributed by atoms with Crippen molar-refractivity contribution in [2.75, 3.05) is 43.4 Å². The normalized spacial score (nSPS) is 14.1. The van der Waals surface area contributed by atoms with Crippen molar-refractivity contribution in [3.05, 3.63) is 95.7 Å². The van der Waals surface area contributed by atoms with Gasteiger partial charge in [-0.25, -0.2) is 9.97 Å². The molecule has 3 aromatic heterocycles. The molecule has 1 fully saturated rings. The first-order valence-corrected chi connectivity index (χ1v) is 12.2. The van der Waals surface area contributed by atoms with Gasteiger partial charge < -0.3 is 15.1 Å². The number of fused-ring (bicyclic) bond motifs is 1. The van der Waals surface area contributed by atoms with Gasteiger partial charge in [-0.2, -0.15) is 9.78 Å². The SMILES string of the molecule is CN1CCN(c2ccc(Nc3ncc4c(=O)n(-c5ccccc5)nc(-c5ccncc5)c4n3)cc2)CC1. The predicted octanol–water partition coefficient (Wildman–Crippen LogP) is 3.73. The number of anilines is 3. The number of piperazine rings is 1. The largest absolute Gasteiger partial charge is 0.369 e. The third-order valence-electron chi connectivity index (χ3n) is 6.58. The van der Waals surface area contributed by atoms with Crippen molar-refractivity contribution in [2.45, 2.75) is 0 Å².